The summed E-state index contributed by atoms with van der Waals surface area (Å²) in [5.41, 5.74) is 2.17. The molecule has 1 atom stereocenters. The SMILES string of the molecule is COC(=O)c1ccc(C(=O)NC[C@@H]2CCCN2c2ccccc2)cc1. The van der Waals surface area contributed by atoms with E-state index in [0.29, 0.717) is 23.7 Å². The Morgan fingerprint density at radius 1 is 1.08 bits per heavy atom. The molecule has 1 N–H and O–H groups in total. The van der Waals surface area contributed by atoms with Crippen LogP contribution < -0.4 is 10.2 Å². The average molecular weight is 338 g/mol. The van der Waals surface area contributed by atoms with Crippen molar-refractivity contribution in [2.24, 2.45) is 0 Å². The van der Waals surface area contributed by atoms with Gasteiger partial charge in [0.05, 0.1) is 12.7 Å². The van der Waals surface area contributed by atoms with Gasteiger partial charge in [0.15, 0.2) is 0 Å². The first kappa shape index (κ1) is 17.0. The van der Waals surface area contributed by atoms with Crippen molar-refractivity contribution >= 4 is 17.6 Å². The molecule has 1 aliphatic rings. The third-order valence-corrected chi connectivity index (χ3v) is 4.53. The summed E-state index contributed by atoms with van der Waals surface area (Å²) in [4.78, 5) is 26.1. The molecule has 25 heavy (non-hydrogen) atoms. The molecule has 0 radical (unpaired) electrons. The number of rotatable bonds is 5. The third kappa shape index (κ3) is 3.99. The molecule has 1 heterocycles. The van der Waals surface area contributed by atoms with E-state index in [-0.39, 0.29) is 5.91 Å². The van der Waals surface area contributed by atoms with Crippen molar-refractivity contribution < 1.29 is 14.3 Å². The largest absolute Gasteiger partial charge is 0.465 e. The van der Waals surface area contributed by atoms with Gasteiger partial charge in [-0.15, -0.1) is 0 Å². The van der Waals surface area contributed by atoms with Gasteiger partial charge < -0.3 is 15.0 Å². The fraction of sp³-hybridized carbons (Fsp3) is 0.300. The van der Waals surface area contributed by atoms with Crippen molar-refractivity contribution in [1.29, 1.82) is 0 Å². The number of benzene rings is 2. The fourth-order valence-electron chi connectivity index (χ4n) is 3.20. The van der Waals surface area contributed by atoms with Crippen molar-refractivity contribution in [2.45, 2.75) is 18.9 Å². The number of anilines is 1. The minimum atomic E-state index is -0.406. The van der Waals surface area contributed by atoms with E-state index in [0.717, 1.165) is 19.4 Å². The van der Waals surface area contributed by atoms with Gasteiger partial charge in [0.25, 0.3) is 5.91 Å². The van der Waals surface area contributed by atoms with Crippen molar-refractivity contribution in [3.63, 3.8) is 0 Å². The zero-order valence-electron chi connectivity index (χ0n) is 14.3. The van der Waals surface area contributed by atoms with E-state index < -0.39 is 5.97 Å². The smallest absolute Gasteiger partial charge is 0.337 e. The number of carbonyl (C=O) groups is 2. The van der Waals surface area contributed by atoms with Gasteiger partial charge in [0, 0.05) is 30.4 Å². The first-order valence-corrected chi connectivity index (χ1v) is 8.47. The van der Waals surface area contributed by atoms with Crippen LogP contribution in [0.4, 0.5) is 5.69 Å². The van der Waals surface area contributed by atoms with E-state index in [9.17, 15) is 9.59 Å². The number of para-hydroxylation sites is 1. The number of amides is 1. The van der Waals surface area contributed by atoms with E-state index in [1.807, 2.05) is 18.2 Å². The van der Waals surface area contributed by atoms with Crippen molar-refractivity contribution in [3.8, 4) is 0 Å². The standard InChI is InChI=1S/C20H22N2O3/c1-25-20(24)16-11-9-15(10-12-16)19(23)21-14-18-8-5-13-22(18)17-6-3-2-4-7-17/h2-4,6-7,9-12,18H,5,8,13-14H2,1H3,(H,21,23)/t18-/m0/s1. The van der Waals surface area contributed by atoms with Gasteiger partial charge >= 0.3 is 5.97 Å². The van der Waals surface area contributed by atoms with Gasteiger partial charge in [-0.2, -0.15) is 0 Å². The highest BCUT2D eigenvalue weighted by Gasteiger charge is 2.25. The Morgan fingerprint density at radius 3 is 2.44 bits per heavy atom. The summed E-state index contributed by atoms with van der Waals surface area (Å²) in [6.07, 6.45) is 2.19. The van der Waals surface area contributed by atoms with Gasteiger partial charge in [0.2, 0.25) is 0 Å². The molecule has 0 aromatic heterocycles. The van der Waals surface area contributed by atoms with Crippen LogP contribution >= 0.6 is 0 Å². The van der Waals surface area contributed by atoms with E-state index >= 15 is 0 Å². The maximum atomic E-state index is 12.3. The first-order valence-electron chi connectivity index (χ1n) is 8.47. The number of hydrogen-bond acceptors (Lipinski definition) is 4. The number of esters is 1. The molecular weight excluding hydrogens is 316 g/mol. The second kappa shape index (κ2) is 7.83. The number of hydrogen-bond donors (Lipinski definition) is 1. The van der Waals surface area contributed by atoms with Crippen LogP contribution in [0.1, 0.15) is 33.6 Å². The lowest BCUT2D eigenvalue weighted by Gasteiger charge is -2.27. The molecule has 0 spiro atoms. The van der Waals surface area contributed by atoms with Crippen LogP contribution in [-0.2, 0) is 4.74 Å². The lowest BCUT2D eigenvalue weighted by atomic mass is 10.1. The third-order valence-electron chi connectivity index (χ3n) is 4.53. The Bertz CT molecular complexity index is 728. The van der Waals surface area contributed by atoms with Crippen LogP contribution in [0.25, 0.3) is 0 Å². The molecule has 5 heteroatoms. The molecule has 1 saturated heterocycles. The highest BCUT2D eigenvalue weighted by atomic mass is 16.5. The van der Waals surface area contributed by atoms with Crippen molar-refractivity contribution in [2.75, 3.05) is 25.1 Å². The van der Waals surface area contributed by atoms with Gasteiger partial charge in [-0.1, -0.05) is 18.2 Å². The fourth-order valence-corrected chi connectivity index (χ4v) is 3.20. The lowest BCUT2D eigenvalue weighted by molar-refractivity contribution is 0.0600. The molecule has 5 nitrogen and oxygen atoms in total. The Kier molecular flexibility index (Phi) is 5.33. The summed E-state index contributed by atoms with van der Waals surface area (Å²) in [5, 5.41) is 3.01. The molecule has 1 amide bonds. The molecule has 0 saturated carbocycles. The monoisotopic (exact) mass is 338 g/mol. The topological polar surface area (TPSA) is 58.6 Å². The highest BCUT2D eigenvalue weighted by molar-refractivity contribution is 5.96. The highest BCUT2D eigenvalue weighted by Crippen LogP contribution is 2.24. The molecule has 2 aromatic rings. The molecule has 130 valence electrons. The van der Waals surface area contributed by atoms with Crippen molar-refractivity contribution in [3.05, 3.63) is 65.7 Å². The second-order valence-corrected chi connectivity index (χ2v) is 6.10. The molecule has 2 aromatic carbocycles. The molecule has 1 aliphatic heterocycles. The quantitative estimate of drug-likeness (QED) is 0.852. The van der Waals surface area contributed by atoms with Crippen LogP contribution in [0.3, 0.4) is 0 Å². The van der Waals surface area contributed by atoms with Gasteiger partial charge in [0.1, 0.15) is 0 Å². The number of ether oxygens (including phenoxy) is 1. The predicted molar refractivity (Wildman–Crippen MR) is 96.9 cm³/mol. The number of nitrogens with one attached hydrogen (secondary N) is 1. The summed E-state index contributed by atoms with van der Waals surface area (Å²) >= 11 is 0. The van der Waals surface area contributed by atoms with Crippen LogP contribution in [0.2, 0.25) is 0 Å². The zero-order chi connectivity index (χ0) is 17.6. The van der Waals surface area contributed by atoms with Crippen LogP contribution in [0.5, 0.6) is 0 Å². The summed E-state index contributed by atoms with van der Waals surface area (Å²) < 4.78 is 4.66. The van der Waals surface area contributed by atoms with Crippen LogP contribution in [0, 0.1) is 0 Å². The minimum absolute atomic E-state index is 0.128. The Morgan fingerprint density at radius 2 is 1.76 bits per heavy atom. The van der Waals surface area contributed by atoms with Gasteiger partial charge in [-0.05, 0) is 49.2 Å². The number of methoxy groups -OCH3 is 1. The van der Waals surface area contributed by atoms with Crippen LogP contribution in [0.15, 0.2) is 54.6 Å². The number of carbonyl (C=O) groups excluding carboxylic acids is 2. The molecule has 0 aliphatic carbocycles. The Balaban J connectivity index is 1.59. The van der Waals surface area contributed by atoms with Gasteiger partial charge in [-0.25, -0.2) is 4.79 Å². The Hall–Kier alpha value is -2.82. The zero-order valence-corrected chi connectivity index (χ0v) is 14.3. The average Bonchev–Trinajstić information content (AvgIpc) is 3.15. The summed E-state index contributed by atoms with van der Waals surface area (Å²) in [6, 6.07) is 17.1. The molecule has 1 fully saturated rings. The molecule has 0 unspecified atom stereocenters. The molecule has 3 rings (SSSR count). The Labute approximate surface area is 147 Å². The normalized spacial score (nSPS) is 16.5. The summed E-state index contributed by atoms with van der Waals surface area (Å²) in [7, 11) is 1.34. The van der Waals surface area contributed by atoms with Crippen LogP contribution in [-0.4, -0.2) is 38.1 Å². The van der Waals surface area contributed by atoms with E-state index in [1.54, 1.807) is 24.3 Å². The molecular formula is C20H22N2O3. The second-order valence-electron chi connectivity index (χ2n) is 6.10. The lowest BCUT2D eigenvalue weighted by Crippen LogP contribution is -2.40. The number of nitrogens with zero attached hydrogens (tertiary/aromatic N) is 1. The van der Waals surface area contributed by atoms with E-state index in [1.165, 1.54) is 12.8 Å². The maximum absolute atomic E-state index is 12.3. The summed E-state index contributed by atoms with van der Waals surface area (Å²) in [5.74, 6) is -0.534. The molecule has 0 bridgehead atoms. The minimum Gasteiger partial charge on any atom is -0.465 e. The van der Waals surface area contributed by atoms with E-state index in [4.69, 9.17) is 0 Å². The van der Waals surface area contributed by atoms with Gasteiger partial charge in [-0.3, -0.25) is 4.79 Å². The van der Waals surface area contributed by atoms with E-state index in [2.05, 4.69) is 27.1 Å². The first-order chi connectivity index (χ1) is 12.2. The van der Waals surface area contributed by atoms with Crippen molar-refractivity contribution in [1.82, 2.24) is 5.32 Å². The maximum Gasteiger partial charge on any atom is 0.337 e. The summed E-state index contributed by atoms with van der Waals surface area (Å²) in [6.45, 7) is 1.62. The predicted octanol–water partition coefficient (Wildman–Crippen LogP) is 2.87.